The molecule has 0 atom stereocenters. The molecule has 1 amide bonds. The highest BCUT2D eigenvalue weighted by molar-refractivity contribution is 5.78. The lowest BCUT2D eigenvalue weighted by Crippen LogP contribution is -2.41. The summed E-state index contributed by atoms with van der Waals surface area (Å²) in [5.41, 5.74) is 2.24. The Kier molecular flexibility index (Phi) is 6.22. The Hall–Kier alpha value is -1.81. The molecule has 1 fully saturated rings. The van der Waals surface area contributed by atoms with E-state index in [-0.39, 0.29) is 5.91 Å². The summed E-state index contributed by atoms with van der Waals surface area (Å²) in [4.78, 5) is 16.7. The van der Waals surface area contributed by atoms with Gasteiger partial charge in [-0.15, -0.1) is 0 Å². The third-order valence-electron chi connectivity index (χ3n) is 4.14. The fraction of sp³-hybridized carbons (Fsp3) is 0.526. The van der Waals surface area contributed by atoms with Crippen LogP contribution < -0.4 is 4.74 Å². The zero-order chi connectivity index (χ0) is 16.8. The van der Waals surface area contributed by atoms with Crippen molar-refractivity contribution >= 4 is 5.91 Å². The quantitative estimate of drug-likeness (QED) is 0.656. The zero-order valence-corrected chi connectivity index (χ0v) is 14.5. The Morgan fingerprint density at radius 3 is 2.39 bits per heavy atom. The summed E-state index contributed by atoms with van der Waals surface area (Å²) in [5.74, 6) is 1.05. The van der Waals surface area contributed by atoms with Crippen molar-refractivity contribution in [3.8, 4) is 5.75 Å². The van der Waals surface area contributed by atoms with Crippen LogP contribution in [0.5, 0.6) is 5.75 Å². The number of amides is 1. The average Bonchev–Trinajstić information content (AvgIpc) is 3.37. The van der Waals surface area contributed by atoms with Crippen LogP contribution >= 0.6 is 0 Å². The van der Waals surface area contributed by atoms with Crippen molar-refractivity contribution in [2.24, 2.45) is 0 Å². The number of carbonyl (C=O) groups is 1. The van der Waals surface area contributed by atoms with E-state index in [1.54, 1.807) is 7.11 Å². The van der Waals surface area contributed by atoms with Crippen LogP contribution in [0.2, 0.25) is 0 Å². The number of carbonyl (C=O) groups excluding carboxylic acids is 1. The van der Waals surface area contributed by atoms with Gasteiger partial charge in [-0.2, -0.15) is 0 Å². The molecule has 0 aromatic heterocycles. The van der Waals surface area contributed by atoms with Gasteiger partial charge in [-0.1, -0.05) is 24.3 Å². The first-order chi connectivity index (χ1) is 11.0. The van der Waals surface area contributed by atoms with Crippen LogP contribution in [-0.2, 0) is 11.3 Å². The van der Waals surface area contributed by atoms with Crippen LogP contribution in [0.25, 0.3) is 0 Å². The summed E-state index contributed by atoms with van der Waals surface area (Å²) in [5, 5.41) is 0. The highest BCUT2D eigenvalue weighted by Gasteiger charge is 2.31. The molecule has 0 spiro atoms. The monoisotopic (exact) mass is 316 g/mol. The van der Waals surface area contributed by atoms with Gasteiger partial charge in [0, 0.05) is 25.7 Å². The Morgan fingerprint density at radius 1 is 1.26 bits per heavy atom. The summed E-state index contributed by atoms with van der Waals surface area (Å²) < 4.78 is 5.20. The molecule has 0 N–H and O–H groups in total. The fourth-order valence-corrected chi connectivity index (χ4v) is 2.70. The molecule has 2 rings (SSSR count). The molecule has 4 nitrogen and oxygen atoms in total. The minimum Gasteiger partial charge on any atom is -0.497 e. The molecule has 1 aromatic carbocycles. The predicted octanol–water partition coefficient (Wildman–Crippen LogP) is 3.08. The van der Waals surface area contributed by atoms with Gasteiger partial charge in [0.2, 0.25) is 5.91 Å². The fourth-order valence-electron chi connectivity index (χ4n) is 2.70. The largest absolute Gasteiger partial charge is 0.497 e. The lowest BCUT2D eigenvalue weighted by atomic mass is 10.2. The van der Waals surface area contributed by atoms with Crippen molar-refractivity contribution in [2.45, 2.75) is 39.3 Å². The van der Waals surface area contributed by atoms with E-state index in [1.165, 1.54) is 18.4 Å². The minimum absolute atomic E-state index is 0.191. The van der Waals surface area contributed by atoms with Gasteiger partial charge >= 0.3 is 0 Å². The summed E-state index contributed by atoms with van der Waals surface area (Å²) in [6.07, 6.45) is 2.38. The van der Waals surface area contributed by atoms with Crippen LogP contribution in [0.1, 0.15) is 32.3 Å². The van der Waals surface area contributed by atoms with Crippen molar-refractivity contribution < 1.29 is 9.53 Å². The highest BCUT2D eigenvalue weighted by atomic mass is 16.5. The third kappa shape index (κ3) is 5.39. The lowest BCUT2D eigenvalue weighted by molar-refractivity contribution is -0.132. The molecule has 0 saturated heterocycles. The van der Waals surface area contributed by atoms with E-state index < -0.39 is 0 Å². The Morgan fingerprint density at radius 2 is 1.91 bits per heavy atom. The summed E-state index contributed by atoms with van der Waals surface area (Å²) in [6, 6.07) is 8.64. The summed E-state index contributed by atoms with van der Waals surface area (Å²) in [6.45, 7) is 10.6. The van der Waals surface area contributed by atoms with Crippen LogP contribution in [0.4, 0.5) is 0 Å². The van der Waals surface area contributed by atoms with E-state index in [4.69, 9.17) is 4.74 Å². The maximum atomic E-state index is 12.6. The number of hydrogen-bond acceptors (Lipinski definition) is 3. The number of ether oxygens (including phenoxy) is 1. The van der Waals surface area contributed by atoms with Gasteiger partial charge in [0.25, 0.3) is 0 Å². The zero-order valence-electron chi connectivity index (χ0n) is 14.5. The summed E-state index contributed by atoms with van der Waals surface area (Å²) >= 11 is 0. The number of hydrogen-bond donors (Lipinski definition) is 0. The first kappa shape index (κ1) is 17.5. The molecule has 0 bridgehead atoms. The van der Waals surface area contributed by atoms with Crippen molar-refractivity contribution in [1.82, 2.24) is 9.80 Å². The van der Waals surface area contributed by atoms with Crippen LogP contribution in [0.15, 0.2) is 36.4 Å². The summed E-state index contributed by atoms with van der Waals surface area (Å²) in [7, 11) is 1.67. The molecule has 23 heavy (non-hydrogen) atoms. The second kappa shape index (κ2) is 8.16. The van der Waals surface area contributed by atoms with Crippen molar-refractivity contribution in [3.63, 3.8) is 0 Å². The van der Waals surface area contributed by atoms with Crippen LogP contribution in [0, 0.1) is 0 Å². The molecule has 126 valence electrons. The number of nitrogens with zero attached hydrogens (tertiary/aromatic N) is 2. The maximum absolute atomic E-state index is 12.6. The predicted molar refractivity (Wildman–Crippen MR) is 93.5 cm³/mol. The third-order valence-corrected chi connectivity index (χ3v) is 4.14. The van der Waals surface area contributed by atoms with E-state index in [9.17, 15) is 4.79 Å². The van der Waals surface area contributed by atoms with Gasteiger partial charge in [-0.05, 0) is 44.4 Å². The van der Waals surface area contributed by atoms with Gasteiger partial charge in [0.05, 0.1) is 13.7 Å². The van der Waals surface area contributed by atoms with Crippen molar-refractivity contribution in [1.29, 1.82) is 0 Å². The standard InChI is InChI=1S/C19H28N2O2/c1-5-20(12-15(2)3)19(22)14-21(17-8-9-17)13-16-6-10-18(23-4)11-7-16/h6-7,10-11,17H,2,5,8-9,12-14H2,1,3-4H3. The van der Waals surface area contributed by atoms with Crippen LogP contribution in [0.3, 0.4) is 0 Å². The maximum Gasteiger partial charge on any atom is 0.237 e. The molecule has 1 aliphatic rings. The number of methoxy groups -OCH3 is 1. The molecule has 1 aromatic rings. The normalized spacial score (nSPS) is 13.9. The van der Waals surface area contributed by atoms with Crippen molar-refractivity contribution in [2.75, 3.05) is 26.7 Å². The lowest BCUT2D eigenvalue weighted by Gasteiger charge is -2.27. The van der Waals surface area contributed by atoms with E-state index in [0.29, 0.717) is 19.1 Å². The molecule has 1 aliphatic carbocycles. The Balaban J connectivity index is 1.97. The van der Waals surface area contributed by atoms with Gasteiger partial charge in [0.15, 0.2) is 0 Å². The van der Waals surface area contributed by atoms with Crippen molar-refractivity contribution in [3.05, 3.63) is 42.0 Å². The Labute approximate surface area is 139 Å². The second-order valence-corrected chi connectivity index (χ2v) is 6.35. The van der Waals surface area contributed by atoms with Gasteiger partial charge < -0.3 is 9.64 Å². The molecule has 0 heterocycles. The molecule has 4 heteroatoms. The van der Waals surface area contributed by atoms with Crippen LogP contribution in [-0.4, -0.2) is 48.5 Å². The smallest absolute Gasteiger partial charge is 0.237 e. The molecule has 0 unspecified atom stereocenters. The van der Waals surface area contributed by atoms with E-state index >= 15 is 0 Å². The molecular formula is C19H28N2O2. The first-order valence-corrected chi connectivity index (χ1v) is 8.32. The molecule has 0 radical (unpaired) electrons. The number of benzene rings is 1. The van der Waals surface area contributed by atoms with E-state index in [1.807, 2.05) is 30.9 Å². The Bertz CT molecular complexity index is 535. The average molecular weight is 316 g/mol. The molecular weight excluding hydrogens is 288 g/mol. The van der Waals surface area contributed by atoms with Gasteiger partial charge in [-0.25, -0.2) is 0 Å². The topological polar surface area (TPSA) is 32.8 Å². The van der Waals surface area contributed by atoms with Gasteiger partial charge in [-0.3, -0.25) is 9.69 Å². The molecule has 0 aliphatic heterocycles. The van der Waals surface area contributed by atoms with Gasteiger partial charge in [0.1, 0.15) is 5.75 Å². The van der Waals surface area contributed by atoms with E-state index in [2.05, 4.69) is 23.6 Å². The first-order valence-electron chi connectivity index (χ1n) is 8.32. The number of likely N-dealkylation sites (N-methyl/N-ethyl adjacent to an activating group) is 1. The highest BCUT2D eigenvalue weighted by Crippen LogP contribution is 2.28. The molecule has 1 saturated carbocycles. The second-order valence-electron chi connectivity index (χ2n) is 6.35. The SMILES string of the molecule is C=C(C)CN(CC)C(=O)CN(Cc1ccc(OC)cc1)C1CC1. The minimum atomic E-state index is 0.191. The van der Waals surface area contributed by atoms with E-state index in [0.717, 1.165) is 24.4 Å². The number of rotatable bonds is 9.